The van der Waals surface area contributed by atoms with E-state index in [0.29, 0.717) is 5.02 Å². The first-order chi connectivity index (χ1) is 23.7. The van der Waals surface area contributed by atoms with Gasteiger partial charge in [0.2, 0.25) is 0 Å². The van der Waals surface area contributed by atoms with Crippen molar-refractivity contribution in [3.63, 3.8) is 0 Å². The van der Waals surface area contributed by atoms with Crippen molar-refractivity contribution >= 4 is 55.1 Å². The van der Waals surface area contributed by atoms with E-state index in [1.54, 1.807) is 0 Å². The van der Waals surface area contributed by atoms with Gasteiger partial charge in [0.25, 0.3) is 0 Å². The summed E-state index contributed by atoms with van der Waals surface area (Å²) in [4.78, 5) is 0. The minimum Gasteiger partial charge on any atom is -0.456 e. The van der Waals surface area contributed by atoms with Crippen molar-refractivity contribution < 1.29 is 9.15 Å². The van der Waals surface area contributed by atoms with Crippen LogP contribution in [0.4, 0.5) is 0 Å². The van der Waals surface area contributed by atoms with E-state index in [1.807, 2.05) is 18.2 Å². The fourth-order valence-corrected chi connectivity index (χ4v) is 8.82. The first-order valence-corrected chi connectivity index (χ1v) is 16.7. The molecule has 0 N–H and O–H groups in total. The molecule has 0 unspecified atom stereocenters. The van der Waals surface area contributed by atoms with Crippen LogP contribution in [0.1, 0.15) is 22.3 Å². The van der Waals surface area contributed by atoms with Crippen LogP contribution in [0.2, 0.25) is 5.02 Å². The summed E-state index contributed by atoms with van der Waals surface area (Å²) in [6.45, 7) is 0. The molecule has 3 heteroatoms. The molecule has 11 rings (SSSR count). The molecule has 224 valence electrons. The Kier molecular flexibility index (Phi) is 5.13. The van der Waals surface area contributed by atoms with Crippen molar-refractivity contribution in [1.29, 1.82) is 0 Å². The molecule has 8 aromatic carbocycles. The van der Waals surface area contributed by atoms with Gasteiger partial charge < -0.3 is 9.15 Å². The summed E-state index contributed by atoms with van der Waals surface area (Å²) in [6, 6.07) is 54.3. The van der Waals surface area contributed by atoms with Gasteiger partial charge in [-0.15, -0.1) is 0 Å². The van der Waals surface area contributed by atoms with Gasteiger partial charge >= 0.3 is 0 Å². The lowest BCUT2D eigenvalue weighted by Gasteiger charge is -2.40. The van der Waals surface area contributed by atoms with Crippen LogP contribution >= 0.6 is 11.6 Å². The molecule has 0 amide bonds. The third kappa shape index (κ3) is 3.28. The topological polar surface area (TPSA) is 22.4 Å². The van der Waals surface area contributed by atoms with Gasteiger partial charge in [0.15, 0.2) is 0 Å². The van der Waals surface area contributed by atoms with E-state index >= 15 is 0 Å². The largest absolute Gasteiger partial charge is 0.456 e. The fourth-order valence-electron chi connectivity index (χ4n) is 8.55. The number of hydrogen-bond donors (Lipinski definition) is 0. The Labute approximate surface area is 281 Å². The quantitative estimate of drug-likeness (QED) is 0.180. The van der Waals surface area contributed by atoms with Crippen molar-refractivity contribution in [2.24, 2.45) is 0 Å². The third-order valence-electron chi connectivity index (χ3n) is 10.6. The average Bonchev–Trinajstić information content (AvgIpc) is 3.66. The van der Waals surface area contributed by atoms with Crippen molar-refractivity contribution in [2.45, 2.75) is 5.41 Å². The lowest BCUT2D eigenvalue weighted by Crippen LogP contribution is -2.32. The molecule has 2 heterocycles. The van der Waals surface area contributed by atoms with Gasteiger partial charge in [-0.2, -0.15) is 0 Å². The summed E-state index contributed by atoms with van der Waals surface area (Å²) in [7, 11) is 0. The van der Waals surface area contributed by atoms with Gasteiger partial charge in [0.05, 0.1) is 10.4 Å². The molecule has 0 saturated carbocycles. The van der Waals surface area contributed by atoms with E-state index in [1.165, 1.54) is 44.2 Å². The second kappa shape index (κ2) is 9.38. The Morgan fingerprint density at radius 3 is 1.83 bits per heavy atom. The highest BCUT2D eigenvalue weighted by Gasteiger charge is 2.51. The molecule has 0 fully saturated rings. The van der Waals surface area contributed by atoms with Crippen molar-refractivity contribution in [1.82, 2.24) is 0 Å². The maximum absolute atomic E-state index is 7.07. The maximum Gasteiger partial charge on any atom is 0.140 e. The monoisotopic (exact) mass is 632 g/mol. The van der Waals surface area contributed by atoms with E-state index in [0.717, 1.165) is 55.3 Å². The van der Waals surface area contributed by atoms with Crippen LogP contribution in [-0.2, 0) is 5.41 Å². The molecule has 1 spiro atoms. The normalized spacial score (nSPS) is 13.9. The Balaban J connectivity index is 1.23. The van der Waals surface area contributed by atoms with E-state index in [9.17, 15) is 0 Å². The maximum atomic E-state index is 7.07. The number of ether oxygens (including phenoxy) is 1. The predicted molar refractivity (Wildman–Crippen MR) is 197 cm³/mol. The van der Waals surface area contributed by atoms with Crippen LogP contribution in [0, 0.1) is 0 Å². The Morgan fingerprint density at radius 1 is 0.438 bits per heavy atom. The summed E-state index contributed by atoms with van der Waals surface area (Å²) in [5, 5.41) is 7.25. The van der Waals surface area contributed by atoms with Gasteiger partial charge in [-0.05, 0) is 74.5 Å². The molecule has 0 radical (unpaired) electrons. The number of furan rings is 1. The molecule has 2 aliphatic rings. The molecule has 1 aromatic heterocycles. The lowest BCUT2D eigenvalue weighted by atomic mass is 9.65. The molecule has 9 aromatic rings. The number of hydrogen-bond acceptors (Lipinski definition) is 2. The fraction of sp³-hybridized carbons (Fsp3) is 0.0222. The van der Waals surface area contributed by atoms with Crippen LogP contribution in [-0.4, -0.2) is 0 Å². The molecule has 0 bridgehead atoms. The highest BCUT2D eigenvalue weighted by atomic mass is 35.5. The summed E-state index contributed by atoms with van der Waals surface area (Å²) >= 11 is 6.68. The molecule has 48 heavy (non-hydrogen) atoms. The summed E-state index contributed by atoms with van der Waals surface area (Å²) in [5.41, 5.74) is 10.7. The van der Waals surface area contributed by atoms with Gasteiger partial charge in [-0.1, -0.05) is 133 Å². The third-order valence-corrected chi connectivity index (χ3v) is 10.9. The van der Waals surface area contributed by atoms with E-state index in [4.69, 9.17) is 20.8 Å². The van der Waals surface area contributed by atoms with Crippen molar-refractivity contribution in [3.05, 3.63) is 179 Å². The highest BCUT2D eigenvalue weighted by molar-refractivity contribution is 6.37. The second-order valence-electron chi connectivity index (χ2n) is 12.9. The first kappa shape index (κ1) is 26.3. The molecule has 0 atom stereocenters. The minimum absolute atomic E-state index is 0.556. The van der Waals surface area contributed by atoms with Gasteiger partial charge in [-0.25, -0.2) is 0 Å². The van der Waals surface area contributed by atoms with Crippen molar-refractivity contribution in [3.8, 4) is 33.8 Å². The van der Waals surface area contributed by atoms with Gasteiger partial charge in [0.1, 0.15) is 22.7 Å². The zero-order valence-electron chi connectivity index (χ0n) is 25.6. The van der Waals surface area contributed by atoms with Crippen LogP contribution in [0.25, 0.3) is 65.7 Å². The summed E-state index contributed by atoms with van der Waals surface area (Å²) in [6.07, 6.45) is 0. The zero-order chi connectivity index (χ0) is 31.6. The van der Waals surface area contributed by atoms with E-state index in [-0.39, 0.29) is 0 Å². The molecule has 1 aliphatic carbocycles. The van der Waals surface area contributed by atoms with E-state index < -0.39 is 5.41 Å². The number of halogens is 1. The predicted octanol–water partition coefficient (Wildman–Crippen LogP) is 12.7. The average molecular weight is 633 g/mol. The Morgan fingerprint density at radius 2 is 1.06 bits per heavy atom. The minimum atomic E-state index is -0.556. The number of benzene rings is 8. The van der Waals surface area contributed by atoms with Gasteiger partial charge in [-0.3, -0.25) is 0 Å². The molecule has 0 saturated heterocycles. The van der Waals surface area contributed by atoms with Crippen LogP contribution in [0.3, 0.4) is 0 Å². The molecule has 1 aliphatic heterocycles. The molecular formula is C45H25ClO2. The van der Waals surface area contributed by atoms with Crippen LogP contribution < -0.4 is 4.74 Å². The van der Waals surface area contributed by atoms with Gasteiger partial charge in [0, 0.05) is 32.7 Å². The lowest BCUT2D eigenvalue weighted by molar-refractivity contribution is 0.447. The standard InChI is InChI=1S/C45H25ClO2/c46-39-14-7-15-41-42(39)34-25-29(19-23-40(34)47-41)28-18-20-36-33(24-28)32-12-5-6-13-35(32)45(36)37-21-16-26-8-1-3-10-30(26)43(37)48-44-31-11-4-2-9-27(31)17-22-38(44)45/h1-25H. The summed E-state index contributed by atoms with van der Waals surface area (Å²) in [5.74, 6) is 1.86. The highest BCUT2D eigenvalue weighted by Crippen LogP contribution is 2.64. The van der Waals surface area contributed by atoms with Crippen LogP contribution in [0.5, 0.6) is 11.5 Å². The van der Waals surface area contributed by atoms with Crippen LogP contribution in [0.15, 0.2) is 156 Å². The van der Waals surface area contributed by atoms with E-state index in [2.05, 4.69) is 133 Å². The van der Waals surface area contributed by atoms with Crippen molar-refractivity contribution in [2.75, 3.05) is 0 Å². The first-order valence-electron chi connectivity index (χ1n) is 16.3. The second-order valence-corrected chi connectivity index (χ2v) is 13.3. The zero-order valence-corrected chi connectivity index (χ0v) is 26.4. The SMILES string of the molecule is Clc1cccc2oc3ccc(-c4ccc5c(c4)-c4ccccc4C54c5ccc6ccccc6c5Oc5c4ccc4ccccc54)cc3c12. The number of fused-ring (bicyclic) bond motifs is 16. The Hall–Kier alpha value is -5.83. The number of rotatable bonds is 1. The molecular weight excluding hydrogens is 608 g/mol. The summed E-state index contributed by atoms with van der Waals surface area (Å²) < 4.78 is 13.2. The smallest absolute Gasteiger partial charge is 0.140 e. The molecule has 2 nitrogen and oxygen atoms in total. The Bertz CT molecular complexity index is 2760.